The van der Waals surface area contributed by atoms with Crippen LogP contribution in [-0.2, 0) is 11.3 Å². The van der Waals surface area contributed by atoms with E-state index in [2.05, 4.69) is 15.2 Å². The molecular formula is C23H29F2N3O2. The molecular weight excluding hydrogens is 388 g/mol. The van der Waals surface area contributed by atoms with Crippen molar-refractivity contribution in [3.8, 4) is 0 Å². The van der Waals surface area contributed by atoms with Crippen molar-refractivity contribution in [3.63, 3.8) is 0 Å². The summed E-state index contributed by atoms with van der Waals surface area (Å²) in [7, 11) is 0. The average Bonchev–Trinajstić information content (AvgIpc) is 2.92. The summed E-state index contributed by atoms with van der Waals surface area (Å²) in [5.74, 6) is -0.669. The van der Waals surface area contributed by atoms with Crippen LogP contribution in [0.1, 0.15) is 34.1 Å². The molecule has 162 valence electrons. The Hall–Kier alpha value is -2.67. The number of nitrogens with one attached hydrogen (secondary N) is 2. The van der Waals surface area contributed by atoms with E-state index >= 15 is 0 Å². The fourth-order valence-corrected chi connectivity index (χ4v) is 3.53. The van der Waals surface area contributed by atoms with Gasteiger partial charge in [0.05, 0.1) is 0 Å². The second-order valence-electron chi connectivity index (χ2n) is 8.58. The smallest absolute Gasteiger partial charge is 0.407 e. The van der Waals surface area contributed by atoms with Crippen molar-refractivity contribution in [3.05, 3.63) is 48.0 Å². The highest BCUT2D eigenvalue weighted by atomic mass is 19.1. The van der Waals surface area contributed by atoms with Crippen LogP contribution >= 0.6 is 0 Å². The van der Waals surface area contributed by atoms with E-state index in [4.69, 9.17) is 4.74 Å². The quantitative estimate of drug-likeness (QED) is 0.534. The molecule has 3 rings (SSSR count). The van der Waals surface area contributed by atoms with E-state index < -0.39 is 11.7 Å². The van der Waals surface area contributed by atoms with E-state index in [-0.39, 0.29) is 17.7 Å². The number of nitrogens with zero attached hydrogens (tertiary/aromatic N) is 1. The molecule has 1 amide bonds. The number of aromatic nitrogens is 1. The second kappa shape index (κ2) is 9.00. The Morgan fingerprint density at radius 2 is 1.63 bits per heavy atom. The molecule has 0 radical (unpaired) electrons. The first-order valence-corrected chi connectivity index (χ1v) is 10.2. The lowest BCUT2D eigenvalue weighted by Gasteiger charge is -2.22. The lowest BCUT2D eigenvalue weighted by atomic mass is 10.1. The molecule has 0 saturated heterocycles. The Bertz CT molecular complexity index is 981. The van der Waals surface area contributed by atoms with Crippen molar-refractivity contribution in [2.24, 2.45) is 0 Å². The molecule has 30 heavy (non-hydrogen) atoms. The van der Waals surface area contributed by atoms with Gasteiger partial charge in [-0.05, 0) is 77.1 Å². The molecule has 0 aliphatic rings. The molecule has 0 bridgehead atoms. The third-order valence-electron chi connectivity index (χ3n) is 4.74. The number of hydrogen-bond acceptors (Lipinski definition) is 3. The molecule has 0 saturated carbocycles. The van der Waals surface area contributed by atoms with Crippen molar-refractivity contribution >= 4 is 27.9 Å². The standard InChI is InChI=1S/C23H29F2N3O2/c1-15(27-22(29)30-23(2,3)4)14-26-10-5-11-28-20-8-6-16(24)12-18(20)19-13-17(25)7-9-21(19)28/h6-9,12-13,15,26H,5,10-11,14H2,1-4H3,(H,27,29). The third-order valence-corrected chi connectivity index (χ3v) is 4.74. The van der Waals surface area contributed by atoms with Gasteiger partial charge >= 0.3 is 6.09 Å². The van der Waals surface area contributed by atoms with E-state index in [0.29, 0.717) is 23.9 Å². The van der Waals surface area contributed by atoms with Crippen LogP contribution < -0.4 is 10.6 Å². The second-order valence-corrected chi connectivity index (χ2v) is 8.58. The summed E-state index contributed by atoms with van der Waals surface area (Å²) in [6.45, 7) is 9.45. The number of rotatable bonds is 7. The summed E-state index contributed by atoms with van der Waals surface area (Å²) >= 11 is 0. The number of carbonyl (C=O) groups excluding carboxylic acids is 1. The van der Waals surface area contributed by atoms with Crippen LogP contribution in [0.2, 0.25) is 0 Å². The van der Waals surface area contributed by atoms with Crippen LogP contribution in [0.5, 0.6) is 0 Å². The van der Waals surface area contributed by atoms with Gasteiger partial charge in [0.15, 0.2) is 0 Å². The minimum absolute atomic E-state index is 0.0703. The number of amides is 1. The molecule has 0 fully saturated rings. The fraction of sp³-hybridized carbons (Fsp3) is 0.435. The van der Waals surface area contributed by atoms with Gasteiger partial charge in [-0.25, -0.2) is 13.6 Å². The number of fused-ring (bicyclic) bond motifs is 3. The molecule has 1 unspecified atom stereocenters. The average molecular weight is 418 g/mol. The van der Waals surface area contributed by atoms with Gasteiger partial charge in [-0.3, -0.25) is 0 Å². The highest BCUT2D eigenvalue weighted by molar-refractivity contribution is 6.08. The van der Waals surface area contributed by atoms with E-state index in [1.165, 1.54) is 24.3 Å². The number of carbonyl (C=O) groups is 1. The molecule has 2 N–H and O–H groups in total. The lowest BCUT2D eigenvalue weighted by Crippen LogP contribution is -2.42. The van der Waals surface area contributed by atoms with E-state index in [1.54, 1.807) is 12.1 Å². The summed E-state index contributed by atoms with van der Waals surface area (Å²) in [6, 6.07) is 9.17. The Morgan fingerprint density at radius 3 is 2.17 bits per heavy atom. The summed E-state index contributed by atoms with van der Waals surface area (Å²) in [4.78, 5) is 11.8. The van der Waals surface area contributed by atoms with Gasteiger partial charge in [-0.15, -0.1) is 0 Å². The summed E-state index contributed by atoms with van der Waals surface area (Å²) in [5.41, 5.74) is 1.25. The van der Waals surface area contributed by atoms with Crippen molar-refractivity contribution in [1.29, 1.82) is 0 Å². The monoisotopic (exact) mass is 417 g/mol. The van der Waals surface area contributed by atoms with Crippen molar-refractivity contribution in [2.75, 3.05) is 13.1 Å². The topological polar surface area (TPSA) is 55.3 Å². The van der Waals surface area contributed by atoms with Gasteiger partial charge in [-0.2, -0.15) is 0 Å². The maximum atomic E-state index is 13.7. The van der Waals surface area contributed by atoms with Gasteiger partial charge in [0, 0.05) is 40.9 Å². The Balaban J connectivity index is 1.57. The van der Waals surface area contributed by atoms with Crippen LogP contribution in [0.4, 0.5) is 13.6 Å². The molecule has 5 nitrogen and oxygen atoms in total. The minimum Gasteiger partial charge on any atom is -0.444 e. The predicted molar refractivity (Wildman–Crippen MR) is 116 cm³/mol. The van der Waals surface area contributed by atoms with Crippen molar-refractivity contribution in [1.82, 2.24) is 15.2 Å². The number of halogens is 2. The molecule has 3 aromatic rings. The maximum absolute atomic E-state index is 13.7. The number of alkyl carbamates (subject to hydrolysis) is 1. The van der Waals surface area contributed by atoms with Crippen LogP contribution in [0.3, 0.4) is 0 Å². The molecule has 0 aliphatic heterocycles. The zero-order valence-electron chi connectivity index (χ0n) is 17.9. The molecule has 1 atom stereocenters. The first kappa shape index (κ1) is 22.0. The molecule has 0 aliphatic carbocycles. The zero-order valence-corrected chi connectivity index (χ0v) is 17.9. The molecule has 1 heterocycles. The zero-order chi connectivity index (χ0) is 21.9. The predicted octanol–water partition coefficient (Wildman–Crippen LogP) is 4.97. The Morgan fingerprint density at radius 1 is 1.07 bits per heavy atom. The van der Waals surface area contributed by atoms with Gasteiger partial charge in [-0.1, -0.05) is 0 Å². The number of hydrogen-bond donors (Lipinski definition) is 2. The van der Waals surface area contributed by atoms with Crippen molar-refractivity contribution < 1.29 is 18.3 Å². The largest absolute Gasteiger partial charge is 0.444 e. The first-order chi connectivity index (χ1) is 14.1. The van der Waals surface area contributed by atoms with Crippen molar-refractivity contribution in [2.45, 2.75) is 52.3 Å². The summed E-state index contributed by atoms with van der Waals surface area (Å²) < 4.78 is 34.8. The fourth-order valence-electron chi connectivity index (χ4n) is 3.53. The maximum Gasteiger partial charge on any atom is 0.407 e. The SMILES string of the molecule is CC(CNCCCn1c2ccc(F)cc2c2cc(F)ccc21)NC(=O)OC(C)(C)C. The van der Waals surface area contributed by atoms with Crippen LogP contribution in [0.15, 0.2) is 36.4 Å². The molecule has 1 aromatic heterocycles. The number of aryl methyl sites for hydroxylation is 1. The molecule has 2 aromatic carbocycles. The Labute approximate surface area is 175 Å². The van der Waals surface area contributed by atoms with Crippen LogP contribution in [-0.4, -0.2) is 35.4 Å². The summed E-state index contributed by atoms with van der Waals surface area (Å²) in [6.07, 6.45) is 0.397. The van der Waals surface area contributed by atoms with Gasteiger partial charge in [0.1, 0.15) is 17.2 Å². The lowest BCUT2D eigenvalue weighted by molar-refractivity contribution is 0.0508. The number of ether oxygens (including phenoxy) is 1. The third kappa shape index (κ3) is 5.48. The van der Waals surface area contributed by atoms with Gasteiger partial charge in [0.2, 0.25) is 0 Å². The minimum atomic E-state index is -0.522. The van der Waals surface area contributed by atoms with Gasteiger partial charge < -0.3 is 19.9 Å². The highest BCUT2D eigenvalue weighted by Crippen LogP contribution is 2.30. The first-order valence-electron chi connectivity index (χ1n) is 10.2. The molecule has 7 heteroatoms. The van der Waals surface area contributed by atoms with Crippen LogP contribution in [0.25, 0.3) is 21.8 Å². The molecule has 0 spiro atoms. The number of benzene rings is 2. The normalized spacial score (nSPS) is 13.0. The van der Waals surface area contributed by atoms with E-state index in [9.17, 15) is 13.6 Å². The van der Waals surface area contributed by atoms with E-state index in [1.807, 2.05) is 27.7 Å². The van der Waals surface area contributed by atoms with Gasteiger partial charge in [0.25, 0.3) is 0 Å². The highest BCUT2D eigenvalue weighted by Gasteiger charge is 2.17. The summed E-state index contributed by atoms with van der Waals surface area (Å²) in [5, 5.41) is 7.56. The van der Waals surface area contributed by atoms with E-state index in [0.717, 1.165) is 24.0 Å². The Kier molecular flexibility index (Phi) is 6.61. The van der Waals surface area contributed by atoms with Crippen LogP contribution in [0, 0.1) is 11.6 Å².